The van der Waals surface area contributed by atoms with Crippen molar-refractivity contribution in [1.82, 2.24) is 0 Å². The zero-order valence-electron chi connectivity index (χ0n) is 6.67. The summed E-state index contributed by atoms with van der Waals surface area (Å²) < 4.78 is 5.63. The molecule has 0 heterocycles. The summed E-state index contributed by atoms with van der Waals surface area (Å²) in [4.78, 5) is 11.1. The highest BCUT2D eigenvalue weighted by Crippen LogP contribution is 2.31. The van der Waals surface area contributed by atoms with Crippen molar-refractivity contribution in [2.24, 2.45) is 0 Å². The van der Waals surface area contributed by atoms with Gasteiger partial charge in [0.2, 0.25) is 0 Å². The first-order valence-corrected chi connectivity index (χ1v) is 4.91. The van der Waals surface area contributed by atoms with Gasteiger partial charge < -0.3 is 9.84 Å². The molecule has 0 saturated carbocycles. The van der Waals surface area contributed by atoms with Crippen molar-refractivity contribution in [3.8, 4) is 5.75 Å². The fraction of sp³-hybridized carbons (Fsp3) is 0.125. The van der Waals surface area contributed by atoms with Crippen LogP contribution in [0.2, 0.25) is 0 Å². The van der Waals surface area contributed by atoms with Crippen LogP contribution in [0.25, 0.3) is 0 Å². The van der Waals surface area contributed by atoms with Crippen LogP contribution in [0.15, 0.2) is 21.1 Å². The highest BCUT2D eigenvalue weighted by molar-refractivity contribution is 9.11. The molecule has 5 heteroatoms. The quantitative estimate of drug-likeness (QED) is 0.811. The molecule has 0 aliphatic rings. The van der Waals surface area contributed by atoms with E-state index in [-0.39, 0.29) is 11.3 Å². The number of carbonyl (C=O) groups excluding carboxylic acids is 1. The predicted octanol–water partition coefficient (Wildman–Crippen LogP) is 2.70. The molecule has 0 aliphatic carbocycles. The third kappa shape index (κ3) is 2.22. The zero-order valence-corrected chi connectivity index (χ0v) is 9.85. The van der Waals surface area contributed by atoms with E-state index >= 15 is 0 Å². The standard InChI is InChI=1S/C8H6Br2O3/c1-13-8(12)5-2-4(9)3-6(10)7(5)11/h2-3,11H,1H3. The summed E-state index contributed by atoms with van der Waals surface area (Å²) in [6.45, 7) is 0. The van der Waals surface area contributed by atoms with Gasteiger partial charge in [-0.2, -0.15) is 0 Å². The molecule has 0 aliphatic heterocycles. The minimum Gasteiger partial charge on any atom is -0.506 e. The van der Waals surface area contributed by atoms with Gasteiger partial charge in [0.15, 0.2) is 0 Å². The van der Waals surface area contributed by atoms with Crippen molar-refractivity contribution in [1.29, 1.82) is 0 Å². The van der Waals surface area contributed by atoms with E-state index < -0.39 is 5.97 Å². The molecule has 0 radical (unpaired) electrons. The maximum Gasteiger partial charge on any atom is 0.341 e. The number of benzene rings is 1. The Bertz CT molecular complexity index is 349. The molecule has 3 nitrogen and oxygen atoms in total. The van der Waals surface area contributed by atoms with Gasteiger partial charge in [0.25, 0.3) is 0 Å². The van der Waals surface area contributed by atoms with Gasteiger partial charge in [-0.1, -0.05) is 15.9 Å². The van der Waals surface area contributed by atoms with Crippen molar-refractivity contribution >= 4 is 37.8 Å². The lowest BCUT2D eigenvalue weighted by atomic mass is 10.2. The minimum atomic E-state index is -0.570. The van der Waals surface area contributed by atoms with Gasteiger partial charge in [-0.15, -0.1) is 0 Å². The van der Waals surface area contributed by atoms with Gasteiger partial charge >= 0.3 is 5.97 Å². The Balaban J connectivity index is 3.28. The van der Waals surface area contributed by atoms with E-state index in [0.29, 0.717) is 8.95 Å². The lowest BCUT2D eigenvalue weighted by Crippen LogP contribution is -2.01. The van der Waals surface area contributed by atoms with Crippen LogP contribution in [-0.2, 0) is 4.74 Å². The topological polar surface area (TPSA) is 46.5 Å². The number of hydrogen-bond acceptors (Lipinski definition) is 3. The Labute approximate surface area is 92.0 Å². The molecule has 0 saturated heterocycles. The molecular formula is C8H6Br2O3. The van der Waals surface area contributed by atoms with E-state index in [0.717, 1.165) is 0 Å². The number of methoxy groups -OCH3 is 1. The van der Waals surface area contributed by atoms with Crippen LogP contribution >= 0.6 is 31.9 Å². The summed E-state index contributed by atoms with van der Waals surface area (Å²) in [5.74, 6) is -0.686. The summed E-state index contributed by atoms with van der Waals surface area (Å²) in [5, 5.41) is 9.45. The second kappa shape index (κ2) is 4.11. The molecule has 1 aromatic rings. The van der Waals surface area contributed by atoms with Crippen molar-refractivity contribution in [2.45, 2.75) is 0 Å². The number of carbonyl (C=O) groups is 1. The maximum atomic E-state index is 11.1. The SMILES string of the molecule is COC(=O)c1cc(Br)cc(Br)c1O. The Morgan fingerprint density at radius 2 is 2.08 bits per heavy atom. The van der Waals surface area contributed by atoms with Crippen molar-refractivity contribution in [3.05, 3.63) is 26.6 Å². The molecule has 0 fully saturated rings. The molecule has 1 N–H and O–H groups in total. The van der Waals surface area contributed by atoms with Crippen molar-refractivity contribution in [2.75, 3.05) is 7.11 Å². The molecule has 13 heavy (non-hydrogen) atoms. The van der Waals surface area contributed by atoms with Crippen LogP contribution < -0.4 is 0 Å². The molecule has 70 valence electrons. The summed E-state index contributed by atoms with van der Waals surface area (Å²) in [5.41, 5.74) is 0.128. The van der Waals surface area contributed by atoms with Crippen LogP contribution in [0.1, 0.15) is 10.4 Å². The summed E-state index contributed by atoms with van der Waals surface area (Å²) in [6, 6.07) is 3.13. The monoisotopic (exact) mass is 308 g/mol. The number of aromatic hydroxyl groups is 1. The lowest BCUT2D eigenvalue weighted by Gasteiger charge is -2.04. The van der Waals surface area contributed by atoms with Crippen LogP contribution in [-0.4, -0.2) is 18.2 Å². The van der Waals surface area contributed by atoms with Crippen LogP contribution in [0.4, 0.5) is 0 Å². The van der Waals surface area contributed by atoms with E-state index in [4.69, 9.17) is 0 Å². The van der Waals surface area contributed by atoms with E-state index in [1.54, 1.807) is 6.07 Å². The Hall–Kier alpha value is -0.550. The normalized spacial score (nSPS) is 9.77. The number of ether oxygens (including phenoxy) is 1. The second-order valence-corrected chi connectivity index (χ2v) is 4.05. The Morgan fingerprint density at radius 1 is 1.46 bits per heavy atom. The van der Waals surface area contributed by atoms with E-state index in [2.05, 4.69) is 36.6 Å². The average molecular weight is 310 g/mol. The van der Waals surface area contributed by atoms with Gasteiger partial charge in [0.1, 0.15) is 11.3 Å². The molecule has 0 atom stereocenters. The van der Waals surface area contributed by atoms with Crippen LogP contribution in [0.5, 0.6) is 5.75 Å². The van der Waals surface area contributed by atoms with E-state index in [9.17, 15) is 9.90 Å². The summed E-state index contributed by atoms with van der Waals surface area (Å²) in [7, 11) is 1.26. The molecule has 1 rings (SSSR count). The largest absolute Gasteiger partial charge is 0.506 e. The molecule has 0 aromatic heterocycles. The lowest BCUT2D eigenvalue weighted by molar-refractivity contribution is 0.0597. The first-order chi connectivity index (χ1) is 6.06. The van der Waals surface area contributed by atoms with Gasteiger partial charge in [0, 0.05) is 4.47 Å². The molecule has 0 bridgehead atoms. The maximum absolute atomic E-state index is 11.1. The molecule has 1 aromatic carbocycles. The second-order valence-electron chi connectivity index (χ2n) is 2.28. The Morgan fingerprint density at radius 3 is 2.62 bits per heavy atom. The number of phenols is 1. The van der Waals surface area contributed by atoms with Gasteiger partial charge in [0.05, 0.1) is 11.6 Å². The number of rotatable bonds is 1. The fourth-order valence-electron chi connectivity index (χ4n) is 0.832. The van der Waals surface area contributed by atoms with Crippen molar-refractivity contribution in [3.63, 3.8) is 0 Å². The van der Waals surface area contributed by atoms with E-state index in [1.807, 2.05) is 0 Å². The average Bonchev–Trinajstić information content (AvgIpc) is 2.10. The van der Waals surface area contributed by atoms with E-state index in [1.165, 1.54) is 13.2 Å². The first kappa shape index (κ1) is 10.5. The minimum absolute atomic E-state index is 0.116. The molecule has 0 spiro atoms. The van der Waals surface area contributed by atoms with Crippen LogP contribution in [0.3, 0.4) is 0 Å². The third-order valence-corrected chi connectivity index (χ3v) is 2.50. The molecule has 0 amide bonds. The highest BCUT2D eigenvalue weighted by atomic mass is 79.9. The number of halogens is 2. The number of phenolic OH excluding ortho intramolecular Hbond substituents is 1. The smallest absolute Gasteiger partial charge is 0.341 e. The summed E-state index contributed by atoms with van der Waals surface area (Å²) in [6.07, 6.45) is 0. The van der Waals surface area contributed by atoms with Crippen molar-refractivity contribution < 1.29 is 14.6 Å². The predicted molar refractivity (Wildman–Crippen MR) is 54.8 cm³/mol. The number of esters is 1. The number of hydrogen-bond donors (Lipinski definition) is 1. The van der Waals surface area contributed by atoms with Gasteiger partial charge in [-0.05, 0) is 28.1 Å². The fourth-order valence-corrected chi connectivity index (χ4v) is 2.06. The van der Waals surface area contributed by atoms with Crippen LogP contribution in [0, 0.1) is 0 Å². The zero-order chi connectivity index (χ0) is 10.0. The highest BCUT2D eigenvalue weighted by Gasteiger charge is 2.14. The molecule has 0 unspecified atom stereocenters. The Kier molecular flexibility index (Phi) is 3.33. The van der Waals surface area contributed by atoms with Gasteiger partial charge in [-0.25, -0.2) is 4.79 Å². The summed E-state index contributed by atoms with van der Waals surface area (Å²) >= 11 is 6.30. The van der Waals surface area contributed by atoms with Gasteiger partial charge in [-0.3, -0.25) is 0 Å². The first-order valence-electron chi connectivity index (χ1n) is 3.32. The third-order valence-electron chi connectivity index (χ3n) is 1.43. The molecular weight excluding hydrogens is 304 g/mol.